The highest BCUT2D eigenvalue weighted by Crippen LogP contribution is 2.27. The Balaban J connectivity index is 0.00000272. The highest BCUT2D eigenvalue weighted by atomic mass is 16.5. The maximum Gasteiger partial charge on any atom is 0.268 e. The van der Waals surface area contributed by atoms with Crippen LogP contribution in [-0.2, 0) is 0 Å². The maximum atomic E-state index is 5.86. The summed E-state index contributed by atoms with van der Waals surface area (Å²) in [6, 6.07) is 13.3. The summed E-state index contributed by atoms with van der Waals surface area (Å²) in [6.07, 6.45) is 3.41. The molecule has 0 aliphatic heterocycles. The fourth-order valence-corrected chi connectivity index (χ4v) is 2.79. The fourth-order valence-electron chi connectivity index (χ4n) is 2.79. The van der Waals surface area contributed by atoms with Crippen molar-refractivity contribution in [3.63, 3.8) is 0 Å². The van der Waals surface area contributed by atoms with Crippen molar-refractivity contribution >= 4 is 0 Å². The van der Waals surface area contributed by atoms with E-state index in [1.807, 2.05) is 63.5 Å². The third-order valence-electron chi connectivity index (χ3n) is 4.42. The van der Waals surface area contributed by atoms with E-state index in [4.69, 9.17) is 14.1 Å². The zero-order valence-corrected chi connectivity index (χ0v) is 17.1. The van der Waals surface area contributed by atoms with Gasteiger partial charge in [-0.1, -0.05) is 18.2 Å². The molecule has 0 bridgehead atoms. The minimum absolute atomic E-state index is 0. The van der Waals surface area contributed by atoms with Crippen LogP contribution in [0.1, 0.15) is 7.12 Å². The molecule has 8 nitrogen and oxygen atoms in total. The molecule has 0 saturated carbocycles. The first-order chi connectivity index (χ1) is 14.6. The second-order valence-electron chi connectivity index (χ2n) is 7.00. The minimum atomic E-state index is 0. The van der Waals surface area contributed by atoms with E-state index in [-0.39, 0.29) is 1.43 Å². The highest BCUT2D eigenvalue weighted by molar-refractivity contribution is 5.63. The molecule has 3 heterocycles. The Kier molecular flexibility index (Phi) is 5.76. The van der Waals surface area contributed by atoms with Gasteiger partial charge in [-0.2, -0.15) is 0 Å². The summed E-state index contributed by atoms with van der Waals surface area (Å²) >= 11 is 0. The molecule has 0 saturated heterocycles. The average molecular weight is 404 g/mol. The van der Waals surface area contributed by atoms with Gasteiger partial charge in [-0.15, -0.1) is 10.2 Å². The summed E-state index contributed by atoms with van der Waals surface area (Å²) in [5, 5.41) is 8.32. The number of aryl methyl sites for hydroxylation is 1. The molecule has 30 heavy (non-hydrogen) atoms. The second-order valence-corrected chi connectivity index (χ2v) is 7.00. The van der Waals surface area contributed by atoms with Crippen LogP contribution in [0.4, 0.5) is 0 Å². The molecule has 8 heteroatoms. The smallest absolute Gasteiger partial charge is 0.268 e. The number of benzene rings is 1. The summed E-state index contributed by atoms with van der Waals surface area (Å²) in [5.41, 5.74) is 3.63. The van der Waals surface area contributed by atoms with Gasteiger partial charge < -0.3 is 14.1 Å². The molecule has 3 aromatic heterocycles. The Bertz CT molecular complexity index is 1130. The zero-order valence-electron chi connectivity index (χ0n) is 17.1. The van der Waals surface area contributed by atoms with Crippen molar-refractivity contribution in [1.82, 2.24) is 30.0 Å². The van der Waals surface area contributed by atoms with E-state index in [1.54, 1.807) is 12.4 Å². The van der Waals surface area contributed by atoms with Crippen LogP contribution in [-0.4, -0.2) is 57.3 Å². The van der Waals surface area contributed by atoms with E-state index in [1.165, 1.54) is 0 Å². The minimum Gasteiger partial charge on any atom is -0.476 e. The predicted molar refractivity (Wildman–Crippen MR) is 115 cm³/mol. The number of pyridine rings is 1. The first kappa shape index (κ1) is 19.7. The second kappa shape index (κ2) is 8.79. The van der Waals surface area contributed by atoms with Crippen molar-refractivity contribution in [2.45, 2.75) is 6.92 Å². The van der Waals surface area contributed by atoms with Gasteiger partial charge in [0.05, 0.1) is 17.6 Å². The van der Waals surface area contributed by atoms with E-state index in [2.05, 4.69) is 25.1 Å². The van der Waals surface area contributed by atoms with E-state index in [9.17, 15) is 0 Å². The Hall–Kier alpha value is -3.65. The van der Waals surface area contributed by atoms with Crippen molar-refractivity contribution in [1.29, 1.82) is 0 Å². The lowest BCUT2D eigenvalue weighted by atomic mass is 10.2. The third kappa shape index (κ3) is 4.49. The molecule has 1 aromatic carbocycles. The molecule has 0 radical (unpaired) electrons. The normalized spacial score (nSPS) is 11.1. The van der Waals surface area contributed by atoms with Gasteiger partial charge >= 0.3 is 0 Å². The molecular weight excluding hydrogens is 380 g/mol. The molecule has 4 rings (SSSR count). The molecule has 0 N–H and O–H groups in total. The first-order valence-corrected chi connectivity index (χ1v) is 9.57. The molecule has 0 spiro atoms. The Morgan fingerprint density at radius 1 is 1.00 bits per heavy atom. The van der Waals surface area contributed by atoms with Crippen molar-refractivity contribution in [3.8, 4) is 40.2 Å². The summed E-state index contributed by atoms with van der Waals surface area (Å²) < 4.78 is 11.6. The molecule has 0 aliphatic rings. The van der Waals surface area contributed by atoms with Crippen LogP contribution in [0.25, 0.3) is 34.3 Å². The van der Waals surface area contributed by atoms with E-state index >= 15 is 0 Å². The first-order valence-electron chi connectivity index (χ1n) is 9.57. The molecule has 0 atom stereocenters. The fraction of sp³-hybridized carbons (Fsp3) is 0.227. The number of likely N-dealkylation sites (N-methyl/N-ethyl adjacent to an activating group) is 1. The zero-order chi connectivity index (χ0) is 20.9. The van der Waals surface area contributed by atoms with Gasteiger partial charge in [0.1, 0.15) is 12.3 Å². The Morgan fingerprint density at radius 2 is 1.80 bits per heavy atom. The van der Waals surface area contributed by atoms with Crippen LogP contribution in [0.3, 0.4) is 0 Å². The lowest BCUT2D eigenvalue weighted by molar-refractivity contribution is 0.254. The topological polar surface area (TPSA) is 90.1 Å². The van der Waals surface area contributed by atoms with Gasteiger partial charge in [0.25, 0.3) is 5.89 Å². The lowest BCUT2D eigenvalue weighted by Gasteiger charge is -2.11. The SMILES string of the molecule is Cc1ncc(-c2ccnc(OCCN(C)C)c2)nc1-c1nnc(-c2ccccc2)o1.[HH]. The van der Waals surface area contributed by atoms with Gasteiger partial charge in [-0.05, 0) is 39.2 Å². The molecular formula is C22H24N6O2. The number of aromatic nitrogens is 5. The van der Waals surface area contributed by atoms with Crippen LogP contribution in [0.2, 0.25) is 0 Å². The van der Waals surface area contributed by atoms with Crippen LogP contribution in [0.15, 0.2) is 59.3 Å². The van der Waals surface area contributed by atoms with E-state index in [0.29, 0.717) is 41.4 Å². The van der Waals surface area contributed by atoms with Gasteiger partial charge in [-0.25, -0.2) is 9.97 Å². The summed E-state index contributed by atoms with van der Waals surface area (Å²) in [6.45, 7) is 3.22. The highest BCUT2D eigenvalue weighted by Gasteiger charge is 2.16. The van der Waals surface area contributed by atoms with Crippen LogP contribution >= 0.6 is 0 Å². The molecule has 0 fully saturated rings. The quantitative estimate of drug-likeness (QED) is 0.460. The summed E-state index contributed by atoms with van der Waals surface area (Å²) in [4.78, 5) is 15.5. The van der Waals surface area contributed by atoms with Crippen LogP contribution < -0.4 is 4.74 Å². The van der Waals surface area contributed by atoms with E-state index in [0.717, 1.165) is 17.7 Å². The lowest BCUT2D eigenvalue weighted by Crippen LogP contribution is -2.19. The number of hydrogen-bond donors (Lipinski definition) is 0. The van der Waals surface area contributed by atoms with Crippen molar-refractivity contribution in [2.75, 3.05) is 27.2 Å². The van der Waals surface area contributed by atoms with Gasteiger partial charge in [0.15, 0.2) is 0 Å². The Labute approximate surface area is 176 Å². The van der Waals surface area contributed by atoms with Gasteiger partial charge in [0, 0.05) is 31.4 Å². The van der Waals surface area contributed by atoms with Gasteiger partial charge in [0.2, 0.25) is 11.8 Å². The molecule has 4 aromatic rings. The standard InChI is InChI=1S/C22H22N6O2.H2/c1-15-20(22-27-26-21(30-22)16-7-5-4-6-8-16)25-18(14-24-15)17-9-10-23-19(13-17)29-12-11-28(2)3;/h4-10,13-14H,11-12H2,1-3H3;1H. The molecule has 0 unspecified atom stereocenters. The maximum absolute atomic E-state index is 5.86. The predicted octanol–water partition coefficient (Wildman–Crippen LogP) is 3.75. The average Bonchev–Trinajstić information content (AvgIpc) is 3.25. The number of rotatable bonds is 7. The number of ether oxygens (including phenoxy) is 1. The largest absolute Gasteiger partial charge is 0.476 e. The van der Waals surface area contributed by atoms with Crippen LogP contribution in [0.5, 0.6) is 5.88 Å². The van der Waals surface area contributed by atoms with Crippen LogP contribution in [0, 0.1) is 6.92 Å². The molecule has 0 amide bonds. The Morgan fingerprint density at radius 3 is 2.60 bits per heavy atom. The molecule has 0 aliphatic carbocycles. The summed E-state index contributed by atoms with van der Waals surface area (Å²) in [7, 11) is 3.99. The third-order valence-corrected chi connectivity index (χ3v) is 4.42. The number of hydrogen-bond acceptors (Lipinski definition) is 8. The van der Waals surface area contributed by atoms with Crippen molar-refractivity contribution in [3.05, 3.63) is 60.6 Å². The van der Waals surface area contributed by atoms with Gasteiger partial charge in [-0.3, -0.25) is 4.98 Å². The van der Waals surface area contributed by atoms with Crippen molar-refractivity contribution in [2.24, 2.45) is 0 Å². The van der Waals surface area contributed by atoms with Crippen molar-refractivity contribution < 1.29 is 10.6 Å². The number of nitrogens with zero attached hydrogens (tertiary/aromatic N) is 6. The van der Waals surface area contributed by atoms with E-state index < -0.39 is 0 Å². The monoisotopic (exact) mass is 404 g/mol. The summed E-state index contributed by atoms with van der Waals surface area (Å²) in [5.74, 6) is 1.32. The molecule has 154 valence electrons.